The lowest BCUT2D eigenvalue weighted by molar-refractivity contribution is -0.127. The van der Waals surface area contributed by atoms with E-state index in [9.17, 15) is 9.90 Å². The Balaban J connectivity index is 1.86. The van der Waals surface area contributed by atoms with Crippen molar-refractivity contribution in [2.75, 3.05) is 32.7 Å². The number of nitrogens with zero attached hydrogens (tertiary/aromatic N) is 2. The molecule has 1 saturated heterocycles. The lowest BCUT2D eigenvalue weighted by Crippen LogP contribution is -2.49. The first kappa shape index (κ1) is 16.0. The van der Waals surface area contributed by atoms with E-state index in [1.165, 1.54) is 0 Å². The molecule has 1 aliphatic rings. The number of halogens is 1. The second kappa shape index (κ2) is 7.59. The molecular formula is C16H21ClN2O2. The molecule has 1 aliphatic heterocycles. The van der Waals surface area contributed by atoms with Crippen LogP contribution in [0.1, 0.15) is 12.5 Å². The molecule has 5 heteroatoms. The Bertz CT molecular complexity index is 509. The minimum Gasteiger partial charge on any atom is -0.392 e. The predicted molar refractivity (Wildman–Crippen MR) is 85.2 cm³/mol. The number of aliphatic hydroxyl groups excluding tert-OH is 1. The Morgan fingerprint density at radius 3 is 2.62 bits per heavy atom. The van der Waals surface area contributed by atoms with E-state index in [2.05, 4.69) is 4.90 Å². The summed E-state index contributed by atoms with van der Waals surface area (Å²) in [5.74, 6) is 0.00613. The summed E-state index contributed by atoms with van der Waals surface area (Å²) in [6, 6.07) is 7.45. The number of amides is 1. The van der Waals surface area contributed by atoms with E-state index >= 15 is 0 Å². The van der Waals surface area contributed by atoms with Crippen molar-refractivity contribution in [3.8, 4) is 0 Å². The smallest absolute Gasteiger partial charge is 0.246 e. The molecule has 1 atom stereocenters. The van der Waals surface area contributed by atoms with Crippen LogP contribution in [0.15, 0.2) is 30.3 Å². The summed E-state index contributed by atoms with van der Waals surface area (Å²) in [7, 11) is 0. The molecule has 0 aliphatic carbocycles. The maximum Gasteiger partial charge on any atom is 0.246 e. The highest BCUT2D eigenvalue weighted by molar-refractivity contribution is 6.32. The van der Waals surface area contributed by atoms with Crippen molar-refractivity contribution in [1.82, 2.24) is 9.80 Å². The van der Waals surface area contributed by atoms with Gasteiger partial charge in [-0.3, -0.25) is 9.69 Å². The van der Waals surface area contributed by atoms with E-state index in [-0.39, 0.29) is 12.0 Å². The number of aliphatic hydroxyl groups is 1. The van der Waals surface area contributed by atoms with Crippen molar-refractivity contribution in [3.05, 3.63) is 40.9 Å². The van der Waals surface area contributed by atoms with Crippen molar-refractivity contribution < 1.29 is 9.90 Å². The third kappa shape index (κ3) is 4.84. The Labute approximate surface area is 130 Å². The average Bonchev–Trinajstić information content (AvgIpc) is 2.46. The summed E-state index contributed by atoms with van der Waals surface area (Å²) in [4.78, 5) is 16.1. The number of piperazine rings is 1. The van der Waals surface area contributed by atoms with E-state index in [4.69, 9.17) is 11.6 Å². The highest BCUT2D eigenvalue weighted by Gasteiger charge is 2.20. The van der Waals surface area contributed by atoms with Crippen molar-refractivity contribution in [2.24, 2.45) is 0 Å². The number of carbonyl (C=O) groups excluding carboxylic acids is 1. The molecule has 1 unspecified atom stereocenters. The molecule has 2 rings (SSSR count). The van der Waals surface area contributed by atoms with Crippen molar-refractivity contribution in [3.63, 3.8) is 0 Å². The highest BCUT2D eigenvalue weighted by Crippen LogP contribution is 2.16. The zero-order valence-corrected chi connectivity index (χ0v) is 13.0. The number of hydrogen-bond acceptors (Lipinski definition) is 3. The second-order valence-corrected chi connectivity index (χ2v) is 5.74. The van der Waals surface area contributed by atoms with Crippen molar-refractivity contribution in [2.45, 2.75) is 13.0 Å². The molecule has 1 N–H and O–H groups in total. The minimum atomic E-state index is -0.327. The molecule has 0 radical (unpaired) electrons. The summed E-state index contributed by atoms with van der Waals surface area (Å²) < 4.78 is 0. The summed E-state index contributed by atoms with van der Waals surface area (Å²) in [5.41, 5.74) is 0.847. The van der Waals surface area contributed by atoms with Gasteiger partial charge in [-0.2, -0.15) is 0 Å². The van der Waals surface area contributed by atoms with Gasteiger partial charge in [-0.25, -0.2) is 0 Å². The van der Waals surface area contributed by atoms with Gasteiger partial charge in [0.1, 0.15) is 0 Å². The number of carbonyl (C=O) groups is 1. The number of β-amino-alcohol motifs (C(OH)–C–C–N with tert-alkyl or cyclic N) is 1. The largest absolute Gasteiger partial charge is 0.392 e. The predicted octanol–water partition coefficient (Wildman–Crippen LogP) is 1.88. The van der Waals surface area contributed by atoms with Gasteiger partial charge in [0.2, 0.25) is 5.91 Å². The molecule has 4 nitrogen and oxygen atoms in total. The number of benzene rings is 1. The van der Waals surface area contributed by atoms with Crippen LogP contribution in [0.4, 0.5) is 0 Å². The quantitative estimate of drug-likeness (QED) is 0.864. The maximum absolute atomic E-state index is 12.1. The zero-order valence-electron chi connectivity index (χ0n) is 12.2. The molecule has 0 aromatic heterocycles. The first-order chi connectivity index (χ1) is 10.1. The van der Waals surface area contributed by atoms with Gasteiger partial charge in [-0.15, -0.1) is 0 Å². The fourth-order valence-electron chi connectivity index (χ4n) is 2.40. The Hall–Kier alpha value is -1.36. The molecule has 0 spiro atoms. The lowest BCUT2D eigenvalue weighted by atomic mass is 10.2. The monoisotopic (exact) mass is 308 g/mol. The van der Waals surface area contributed by atoms with Crippen LogP contribution in [0.25, 0.3) is 6.08 Å². The van der Waals surface area contributed by atoms with Crippen LogP contribution in [0.3, 0.4) is 0 Å². The molecule has 1 amide bonds. The van der Waals surface area contributed by atoms with Gasteiger partial charge in [0, 0.05) is 43.8 Å². The normalized spacial score (nSPS) is 18.1. The molecular weight excluding hydrogens is 288 g/mol. The van der Waals surface area contributed by atoms with Crippen LogP contribution in [-0.2, 0) is 4.79 Å². The van der Waals surface area contributed by atoms with Crippen LogP contribution in [-0.4, -0.2) is 59.6 Å². The van der Waals surface area contributed by atoms with Gasteiger partial charge in [-0.05, 0) is 24.6 Å². The molecule has 0 bridgehead atoms. The Kier molecular flexibility index (Phi) is 5.79. The fourth-order valence-corrected chi connectivity index (χ4v) is 2.60. The van der Waals surface area contributed by atoms with Crippen LogP contribution >= 0.6 is 11.6 Å². The SMILES string of the molecule is CC(O)CN1CCN(C(=O)C=Cc2ccccc2Cl)CC1. The molecule has 1 fully saturated rings. The number of rotatable bonds is 4. The summed E-state index contributed by atoms with van der Waals surface area (Å²) in [6.07, 6.45) is 3.01. The third-order valence-electron chi connectivity index (χ3n) is 3.52. The Morgan fingerprint density at radius 2 is 2.00 bits per heavy atom. The van der Waals surface area contributed by atoms with E-state index in [0.717, 1.165) is 18.7 Å². The maximum atomic E-state index is 12.1. The molecule has 1 aromatic rings. The summed E-state index contributed by atoms with van der Waals surface area (Å²) in [5, 5.41) is 10.0. The van der Waals surface area contributed by atoms with Crippen LogP contribution in [0.5, 0.6) is 0 Å². The van der Waals surface area contributed by atoms with E-state index in [1.807, 2.05) is 23.1 Å². The third-order valence-corrected chi connectivity index (χ3v) is 3.86. The summed E-state index contributed by atoms with van der Waals surface area (Å²) >= 11 is 6.05. The van der Waals surface area contributed by atoms with Gasteiger partial charge < -0.3 is 10.0 Å². The molecule has 0 saturated carbocycles. The van der Waals surface area contributed by atoms with E-state index < -0.39 is 0 Å². The van der Waals surface area contributed by atoms with Crippen LogP contribution in [0, 0.1) is 0 Å². The average molecular weight is 309 g/mol. The van der Waals surface area contributed by atoms with Gasteiger partial charge in [0.15, 0.2) is 0 Å². The second-order valence-electron chi connectivity index (χ2n) is 5.33. The van der Waals surface area contributed by atoms with Crippen LogP contribution in [0.2, 0.25) is 5.02 Å². The van der Waals surface area contributed by atoms with Crippen molar-refractivity contribution >= 4 is 23.6 Å². The summed E-state index contributed by atoms with van der Waals surface area (Å²) in [6.45, 7) is 5.44. The Morgan fingerprint density at radius 1 is 1.33 bits per heavy atom. The molecule has 21 heavy (non-hydrogen) atoms. The molecule has 114 valence electrons. The minimum absolute atomic E-state index is 0.00613. The topological polar surface area (TPSA) is 43.8 Å². The van der Waals surface area contributed by atoms with Gasteiger partial charge in [0.25, 0.3) is 0 Å². The lowest BCUT2D eigenvalue weighted by Gasteiger charge is -2.34. The van der Waals surface area contributed by atoms with Gasteiger partial charge in [-0.1, -0.05) is 29.8 Å². The van der Waals surface area contributed by atoms with Gasteiger partial charge >= 0.3 is 0 Å². The van der Waals surface area contributed by atoms with E-state index in [1.54, 1.807) is 25.1 Å². The molecule has 1 heterocycles. The standard InChI is InChI=1S/C16H21ClN2O2/c1-13(20)12-18-8-10-19(11-9-18)16(21)7-6-14-4-2-3-5-15(14)17/h2-7,13,20H,8-12H2,1H3. The van der Waals surface area contributed by atoms with Crippen molar-refractivity contribution in [1.29, 1.82) is 0 Å². The zero-order chi connectivity index (χ0) is 15.2. The number of hydrogen-bond donors (Lipinski definition) is 1. The van der Waals surface area contributed by atoms with E-state index in [0.29, 0.717) is 24.7 Å². The first-order valence-corrected chi connectivity index (χ1v) is 7.56. The fraction of sp³-hybridized carbons (Fsp3) is 0.438. The molecule has 1 aromatic carbocycles. The van der Waals surface area contributed by atoms with Crippen LogP contribution < -0.4 is 0 Å². The highest BCUT2D eigenvalue weighted by atomic mass is 35.5. The van der Waals surface area contributed by atoms with Gasteiger partial charge in [0.05, 0.1) is 6.10 Å². The first-order valence-electron chi connectivity index (χ1n) is 7.18.